The fourth-order valence-corrected chi connectivity index (χ4v) is 1.69. The second-order valence-electron chi connectivity index (χ2n) is 3.50. The van der Waals surface area contributed by atoms with Crippen LogP contribution in [0.15, 0.2) is 35.1 Å². The molecule has 0 aliphatic carbocycles. The van der Waals surface area contributed by atoms with Crippen molar-refractivity contribution in [2.45, 2.75) is 0 Å². The van der Waals surface area contributed by atoms with Gasteiger partial charge in [-0.25, -0.2) is 0 Å². The number of hydrogen-bond acceptors (Lipinski definition) is 6. The van der Waals surface area contributed by atoms with E-state index in [1.807, 2.05) is 0 Å². The Labute approximate surface area is 116 Å². The number of nitrogens with zero attached hydrogens (tertiary/aromatic N) is 3. The van der Waals surface area contributed by atoms with Crippen LogP contribution in [0.2, 0.25) is 0 Å². The summed E-state index contributed by atoms with van der Waals surface area (Å²) in [5.41, 5.74) is -0.0997. The summed E-state index contributed by atoms with van der Waals surface area (Å²) in [5, 5.41) is 13.5. The number of nitrogens with one attached hydrogen (secondary N) is 1. The molecule has 0 atom stereocenters. The highest BCUT2D eigenvalue weighted by atomic mass is 79.9. The number of rotatable bonds is 4. The average Bonchev–Trinajstić information content (AvgIpc) is 2.38. The fraction of sp³-hybridized carbons (Fsp3) is 0.0909. The van der Waals surface area contributed by atoms with Gasteiger partial charge in [0.25, 0.3) is 5.69 Å². The predicted octanol–water partition coefficient (Wildman–Crippen LogP) is 2.98. The minimum Gasteiger partial charge on any atom is -0.437 e. The van der Waals surface area contributed by atoms with Crippen LogP contribution in [0, 0.1) is 10.1 Å². The van der Waals surface area contributed by atoms with Gasteiger partial charge in [0.15, 0.2) is 0 Å². The lowest BCUT2D eigenvalue weighted by molar-refractivity contribution is -0.384. The largest absolute Gasteiger partial charge is 0.437 e. The first-order valence-corrected chi connectivity index (χ1v) is 6.00. The highest BCUT2D eigenvalue weighted by molar-refractivity contribution is 9.10. The van der Waals surface area contributed by atoms with Gasteiger partial charge >= 0.3 is 0 Å². The summed E-state index contributed by atoms with van der Waals surface area (Å²) < 4.78 is 6.18. The maximum Gasteiger partial charge on any atom is 0.278 e. The quantitative estimate of drug-likeness (QED) is 0.686. The monoisotopic (exact) mass is 324 g/mol. The Morgan fingerprint density at radius 2 is 2.16 bits per heavy atom. The van der Waals surface area contributed by atoms with Crippen LogP contribution in [0.4, 0.5) is 11.5 Å². The zero-order valence-electron chi connectivity index (χ0n) is 9.83. The van der Waals surface area contributed by atoms with Crippen molar-refractivity contribution in [3.05, 3.63) is 45.2 Å². The van der Waals surface area contributed by atoms with Crippen molar-refractivity contribution in [3.8, 4) is 11.6 Å². The molecule has 19 heavy (non-hydrogen) atoms. The van der Waals surface area contributed by atoms with Gasteiger partial charge in [-0.3, -0.25) is 15.1 Å². The lowest BCUT2D eigenvalue weighted by atomic mass is 10.4. The number of hydrogen-bond donors (Lipinski definition) is 1. The second kappa shape index (κ2) is 5.61. The van der Waals surface area contributed by atoms with Crippen LogP contribution >= 0.6 is 15.9 Å². The van der Waals surface area contributed by atoms with E-state index in [1.165, 1.54) is 18.3 Å². The van der Waals surface area contributed by atoms with Crippen molar-refractivity contribution in [3.63, 3.8) is 0 Å². The van der Waals surface area contributed by atoms with E-state index in [4.69, 9.17) is 4.74 Å². The summed E-state index contributed by atoms with van der Waals surface area (Å²) in [6.45, 7) is 0. The first kappa shape index (κ1) is 13.2. The summed E-state index contributed by atoms with van der Waals surface area (Å²) in [5.74, 6) is 0.912. The smallest absolute Gasteiger partial charge is 0.278 e. The molecule has 8 heteroatoms. The van der Waals surface area contributed by atoms with Crippen molar-refractivity contribution >= 4 is 27.4 Å². The molecule has 98 valence electrons. The molecule has 2 rings (SSSR count). The summed E-state index contributed by atoms with van der Waals surface area (Å²) in [7, 11) is 1.62. The molecule has 2 aromatic heterocycles. The SMILES string of the molecule is CNc1cc([N+](=O)[O-])cc(Oc2cncc(Br)c2)n1. The number of pyridine rings is 2. The van der Waals surface area contributed by atoms with Gasteiger partial charge in [0, 0.05) is 17.7 Å². The third-order valence-corrected chi connectivity index (χ3v) is 2.59. The molecule has 0 spiro atoms. The van der Waals surface area contributed by atoms with Gasteiger partial charge in [-0.1, -0.05) is 0 Å². The predicted molar refractivity (Wildman–Crippen MR) is 72.4 cm³/mol. The van der Waals surface area contributed by atoms with Gasteiger partial charge in [-0.15, -0.1) is 0 Å². The first-order valence-electron chi connectivity index (χ1n) is 5.21. The van der Waals surface area contributed by atoms with E-state index in [2.05, 4.69) is 31.2 Å². The number of nitro groups is 1. The van der Waals surface area contributed by atoms with E-state index < -0.39 is 4.92 Å². The number of ether oxygens (including phenoxy) is 1. The zero-order chi connectivity index (χ0) is 13.8. The molecule has 7 nitrogen and oxygen atoms in total. The van der Waals surface area contributed by atoms with E-state index in [1.54, 1.807) is 19.3 Å². The third-order valence-electron chi connectivity index (χ3n) is 2.16. The zero-order valence-corrected chi connectivity index (χ0v) is 11.4. The Morgan fingerprint density at radius 1 is 1.37 bits per heavy atom. The highest BCUT2D eigenvalue weighted by Gasteiger charge is 2.12. The van der Waals surface area contributed by atoms with Crippen molar-refractivity contribution in [1.82, 2.24) is 9.97 Å². The average molecular weight is 325 g/mol. The maximum atomic E-state index is 10.8. The third kappa shape index (κ3) is 3.38. The minimum atomic E-state index is -0.505. The van der Waals surface area contributed by atoms with Crippen LogP contribution in [-0.2, 0) is 0 Å². The molecule has 0 aromatic carbocycles. The summed E-state index contributed by atoms with van der Waals surface area (Å²) >= 11 is 3.26. The fourth-order valence-electron chi connectivity index (χ4n) is 1.35. The Morgan fingerprint density at radius 3 is 2.79 bits per heavy atom. The van der Waals surface area contributed by atoms with Gasteiger partial charge < -0.3 is 10.1 Å². The van der Waals surface area contributed by atoms with Crippen LogP contribution in [0.1, 0.15) is 0 Å². The minimum absolute atomic E-state index is 0.0997. The molecule has 0 fully saturated rings. The maximum absolute atomic E-state index is 10.8. The molecule has 0 bridgehead atoms. The van der Waals surface area contributed by atoms with Crippen LogP contribution in [-0.4, -0.2) is 21.9 Å². The summed E-state index contributed by atoms with van der Waals surface area (Å²) in [6.07, 6.45) is 3.09. The van der Waals surface area contributed by atoms with Crippen molar-refractivity contribution < 1.29 is 9.66 Å². The van der Waals surface area contributed by atoms with Crippen LogP contribution in [0.25, 0.3) is 0 Å². The number of halogens is 1. The molecule has 0 amide bonds. The molecule has 0 saturated carbocycles. The Hall–Kier alpha value is -2.22. The summed E-state index contributed by atoms with van der Waals surface area (Å²) in [4.78, 5) is 18.3. The van der Waals surface area contributed by atoms with Crippen molar-refractivity contribution in [2.24, 2.45) is 0 Å². The molecule has 1 N–H and O–H groups in total. The molecule has 0 radical (unpaired) electrons. The standard InChI is InChI=1S/C11H9BrN4O3/c1-13-10-3-8(16(17)18)4-11(15-10)19-9-2-7(12)5-14-6-9/h2-6H,1H3,(H,13,15). The van der Waals surface area contributed by atoms with E-state index >= 15 is 0 Å². The van der Waals surface area contributed by atoms with Crippen molar-refractivity contribution in [1.29, 1.82) is 0 Å². The molecular weight excluding hydrogens is 316 g/mol. The normalized spacial score (nSPS) is 10.0. The Bertz CT molecular complexity index is 621. The van der Waals surface area contributed by atoms with Gasteiger partial charge in [-0.05, 0) is 22.0 Å². The Kier molecular flexibility index (Phi) is 3.91. The van der Waals surface area contributed by atoms with E-state index in [0.717, 1.165) is 4.47 Å². The molecule has 0 saturated heterocycles. The first-order chi connectivity index (χ1) is 9.08. The second-order valence-corrected chi connectivity index (χ2v) is 4.41. The van der Waals surface area contributed by atoms with E-state index in [-0.39, 0.29) is 11.6 Å². The van der Waals surface area contributed by atoms with E-state index in [9.17, 15) is 10.1 Å². The highest BCUT2D eigenvalue weighted by Crippen LogP contribution is 2.26. The molecule has 0 aliphatic rings. The van der Waals surface area contributed by atoms with Gasteiger partial charge in [0.1, 0.15) is 11.6 Å². The van der Waals surface area contributed by atoms with Crippen LogP contribution < -0.4 is 10.1 Å². The van der Waals surface area contributed by atoms with Crippen LogP contribution in [0.5, 0.6) is 11.6 Å². The topological polar surface area (TPSA) is 90.2 Å². The molecule has 2 heterocycles. The lowest BCUT2D eigenvalue weighted by Gasteiger charge is -2.06. The molecule has 0 aliphatic heterocycles. The number of aromatic nitrogens is 2. The van der Waals surface area contributed by atoms with Crippen molar-refractivity contribution in [2.75, 3.05) is 12.4 Å². The lowest BCUT2D eigenvalue weighted by Crippen LogP contribution is -1.98. The Balaban J connectivity index is 2.34. The van der Waals surface area contributed by atoms with Crippen LogP contribution in [0.3, 0.4) is 0 Å². The summed E-state index contributed by atoms with van der Waals surface area (Å²) in [6, 6.07) is 4.26. The molecule has 2 aromatic rings. The van der Waals surface area contributed by atoms with Gasteiger partial charge in [0.05, 0.1) is 23.3 Å². The van der Waals surface area contributed by atoms with Gasteiger partial charge in [0.2, 0.25) is 5.88 Å². The van der Waals surface area contributed by atoms with Gasteiger partial charge in [-0.2, -0.15) is 4.98 Å². The molecular formula is C11H9BrN4O3. The molecule has 0 unspecified atom stereocenters. The number of anilines is 1. The van der Waals surface area contributed by atoms with E-state index in [0.29, 0.717) is 11.6 Å².